The van der Waals surface area contributed by atoms with E-state index in [0.717, 1.165) is 11.1 Å². The summed E-state index contributed by atoms with van der Waals surface area (Å²) in [6.45, 7) is 8.33. The van der Waals surface area contributed by atoms with Crippen molar-refractivity contribution in [2.45, 2.75) is 27.7 Å². The number of pyridine rings is 1. The summed E-state index contributed by atoms with van der Waals surface area (Å²) in [7, 11) is 0. The summed E-state index contributed by atoms with van der Waals surface area (Å²) in [5.41, 5.74) is 5.31. The lowest BCUT2D eigenvalue weighted by atomic mass is 10.00. The van der Waals surface area contributed by atoms with E-state index in [9.17, 15) is 4.79 Å². The van der Waals surface area contributed by atoms with Gasteiger partial charge in [-0.3, -0.25) is 14.4 Å². The van der Waals surface area contributed by atoms with Crippen molar-refractivity contribution < 1.29 is 4.79 Å². The van der Waals surface area contributed by atoms with E-state index in [0.29, 0.717) is 12.0 Å². The van der Waals surface area contributed by atoms with Crippen LogP contribution in [0.15, 0.2) is 41.5 Å². The van der Waals surface area contributed by atoms with Crippen LogP contribution < -0.4 is 5.49 Å². The molecular formula is C17H20N2O. The molecule has 0 unspecified atom stereocenters. The van der Waals surface area contributed by atoms with E-state index in [2.05, 4.69) is 37.0 Å². The lowest BCUT2D eigenvalue weighted by Gasteiger charge is -2.10. The minimum absolute atomic E-state index is 0.0237. The molecule has 1 aromatic carbocycles. The molecule has 2 aromatic rings. The Hall–Kier alpha value is -2.16. The number of hydrogen-bond acceptors (Lipinski definition) is 2. The number of hydrogen-bond donors (Lipinski definition) is 0. The van der Waals surface area contributed by atoms with E-state index in [1.165, 1.54) is 11.1 Å². The average Bonchev–Trinajstić information content (AvgIpc) is 2.42. The third kappa shape index (κ3) is 2.87. The van der Waals surface area contributed by atoms with Crippen molar-refractivity contribution in [3.8, 4) is 11.1 Å². The maximum atomic E-state index is 11.8. The maximum Gasteiger partial charge on any atom is 0.229 e. The summed E-state index contributed by atoms with van der Waals surface area (Å²) < 4.78 is 1.61. The molecule has 0 amide bonds. The van der Waals surface area contributed by atoms with Gasteiger partial charge in [-0.05, 0) is 49.6 Å². The van der Waals surface area contributed by atoms with Gasteiger partial charge in [0.25, 0.3) is 0 Å². The summed E-state index contributed by atoms with van der Waals surface area (Å²) in [4.78, 5) is 16.1. The molecule has 0 fully saturated rings. The fourth-order valence-corrected chi connectivity index (χ4v) is 2.24. The van der Waals surface area contributed by atoms with E-state index in [1.54, 1.807) is 11.5 Å². The Morgan fingerprint density at radius 1 is 1.20 bits per heavy atom. The van der Waals surface area contributed by atoms with E-state index in [1.807, 2.05) is 25.3 Å². The van der Waals surface area contributed by atoms with E-state index < -0.39 is 0 Å². The molecule has 0 saturated carbocycles. The zero-order valence-electron chi connectivity index (χ0n) is 12.5. The zero-order chi connectivity index (χ0) is 14.7. The fourth-order valence-electron chi connectivity index (χ4n) is 2.24. The van der Waals surface area contributed by atoms with Crippen molar-refractivity contribution >= 4 is 5.91 Å². The SMILES string of the molecule is CC/N=c1/ccc(-c2cc(C)ccc2C)cn1C(C)=O. The second-order valence-electron chi connectivity index (χ2n) is 4.96. The number of benzene rings is 1. The first-order chi connectivity index (χ1) is 9.52. The van der Waals surface area contributed by atoms with Gasteiger partial charge < -0.3 is 0 Å². The third-order valence-electron chi connectivity index (χ3n) is 3.29. The Morgan fingerprint density at radius 3 is 2.60 bits per heavy atom. The number of rotatable bonds is 2. The van der Waals surface area contributed by atoms with E-state index in [-0.39, 0.29) is 5.91 Å². The van der Waals surface area contributed by atoms with Gasteiger partial charge in [-0.2, -0.15) is 0 Å². The van der Waals surface area contributed by atoms with Crippen LogP contribution in [0.25, 0.3) is 11.1 Å². The lowest BCUT2D eigenvalue weighted by molar-refractivity contribution is 0.0931. The normalized spacial score (nSPS) is 11.7. The molecule has 0 bridgehead atoms. The topological polar surface area (TPSA) is 34.4 Å². The van der Waals surface area contributed by atoms with Crippen LogP contribution >= 0.6 is 0 Å². The standard InChI is InChI=1S/C17H20N2O/c1-5-18-17-9-8-15(11-19(17)14(4)20)16-10-12(2)6-7-13(16)3/h6-11H,5H2,1-4H3/b18-17-. The highest BCUT2D eigenvalue weighted by molar-refractivity contribution is 5.78. The van der Waals surface area contributed by atoms with Crippen LogP contribution in [0, 0.1) is 13.8 Å². The molecule has 104 valence electrons. The van der Waals surface area contributed by atoms with Gasteiger partial charge in [0.1, 0.15) is 5.49 Å². The lowest BCUT2D eigenvalue weighted by Crippen LogP contribution is -2.25. The van der Waals surface area contributed by atoms with Gasteiger partial charge in [-0.15, -0.1) is 0 Å². The van der Waals surface area contributed by atoms with Crippen molar-refractivity contribution in [3.05, 3.63) is 53.1 Å². The predicted octanol–water partition coefficient (Wildman–Crippen LogP) is 3.35. The van der Waals surface area contributed by atoms with Gasteiger partial charge in [0.2, 0.25) is 5.91 Å². The monoisotopic (exact) mass is 268 g/mol. The van der Waals surface area contributed by atoms with Crippen LogP contribution in [0.1, 0.15) is 29.8 Å². The van der Waals surface area contributed by atoms with Gasteiger partial charge in [0.15, 0.2) is 0 Å². The molecule has 0 atom stereocenters. The van der Waals surface area contributed by atoms with E-state index in [4.69, 9.17) is 0 Å². The van der Waals surface area contributed by atoms with Crippen molar-refractivity contribution in [2.75, 3.05) is 6.54 Å². The zero-order valence-corrected chi connectivity index (χ0v) is 12.5. The molecule has 0 N–H and O–H groups in total. The molecule has 0 spiro atoms. The smallest absolute Gasteiger partial charge is 0.229 e. The second-order valence-corrected chi connectivity index (χ2v) is 4.96. The Morgan fingerprint density at radius 2 is 1.95 bits per heavy atom. The molecule has 0 aliphatic carbocycles. The summed E-state index contributed by atoms with van der Waals surface area (Å²) >= 11 is 0. The molecule has 0 saturated heterocycles. The highest BCUT2D eigenvalue weighted by atomic mass is 16.1. The highest BCUT2D eigenvalue weighted by Crippen LogP contribution is 2.23. The third-order valence-corrected chi connectivity index (χ3v) is 3.29. The molecule has 3 nitrogen and oxygen atoms in total. The largest absolute Gasteiger partial charge is 0.274 e. The quantitative estimate of drug-likeness (QED) is 0.822. The van der Waals surface area contributed by atoms with Gasteiger partial charge in [0, 0.05) is 19.7 Å². The summed E-state index contributed by atoms with van der Waals surface area (Å²) in [5.74, 6) is -0.0237. The fraction of sp³-hybridized carbons (Fsp3) is 0.294. The summed E-state index contributed by atoms with van der Waals surface area (Å²) in [5, 5.41) is 0. The van der Waals surface area contributed by atoms with Crippen LogP contribution in [0.4, 0.5) is 0 Å². The number of aromatic nitrogens is 1. The van der Waals surface area contributed by atoms with Crippen molar-refractivity contribution in [2.24, 2.45) is 4.99 Å². The highest BCUT2D eigenvalue weighted by Gasteiger charge is 2.06. The summed E-state index contributed by atoms with van der Waals surface area (Å²) in [6, 6.07) is 10.3. The van der Waals surface area contributed by atoms with Crippen LogP contribution in [0.2, 0.25) is 0 Å². The van der Waals surface area contributed by atoms with Crippen molar-refractivity contribution in [3.63, 3.8) is 0 Å². The molecule has 0 radical (unpaired) electrons. The number of nitrogens with zero attached hydrogens (tertiary/aromatic N) is 2. The van der Waals surface area contributed by atoms with Gasteiger partial charge in [0.05, 0.1) is 0 Å². The Kier molecular flexibility index (Phi) is 4.18. The average molecular weight is 268 g/mol. The molecule has 0 aliphatic rings. The molecule has 20 heavy (non-hydrogen) atoms. The second kappa shape index (κ2) is 5.87. The molecular weight excluding hydrogens is 248 g/mol. The first kappa shape index (κ1) is 14.3. The van der Waals surface area contributed by atoms with Gasteiger partial charge in [-0.1, -0.05) is 23.8 Å². The van der Waals surface area contributed by atoms with Gasteiger partial charge >= 0.3 is 0 Å². The Balaban J connectivity index is 2.65. The van der Waals surface area contributed by atoms with Crippen LogP contribution in [0.3, 0.4) is 0 Å². The number of carbonyl (C=O) groups is 1. The van der Waals surface area contributed by atoms with Crippen molar-refractivity contribution in [1.29, 1.82) is 0 Å². The molecule has 2 rings (SSSR count). The molecule has 1 aromatic heterocycles. The van der Waals surface area contributed by atoms with E-state index >= 15 is 0 Å². The van der Waals surface area contributed by atoms with Crippen LogP contribution in [0.5, 0.6) is 0 Å². The number of carbonyl (C=O) groups excluding carboxylic acids is 1. The molecule has 3 heteroatoms. The Bertz CT molecular complexity index is 711. The van der Waals surface area contributed by atoms with Crippen LogP contribution in [-0.2, 0) is 0 Å². The Labute approximate surface area is 119 Å². The first-order valence-electron chi connectivity index (χ1n) is 6.84. The van der Waals surface area contributed by atoms with Crippen LogP contribution in [-0.4, -0.2) is 17.0 Å². The number of aryl methyl sites for hydroxylation is 2. The summed E-state index contributed by atoms with van der Waals surface area (Å²) in [6.07, 6.45) is 1.87. The maximum absolute atomic E-state index is 11.8. The molecule has 0 aliphatic heterocycles. The molecule has 1 heterocycles. The first-order valence-corrected chi connectivity index (χ1v) is 6.84. The minimum Gasteiger partial charge on any atom is -0.274 e. The minimum atomic E-state index is -0.0237. The van der Waals surface area contributed by atoms with Crippen molar-refractivity contribution in [1.82, 2.24) is 4.57 Å². The van der Waals surface area contributed by atoms with Gasteiger partial charge in [-0.25, -0.2) is 0 Å². The predicted molar refractivity (Wildman–Crippen MR) is 81.7 cm³/mol.